The number of halogens is 3. The summed E-state index contributed by atoms with van der Waals surface area (Å²) in [5.41, 5.74) is 1.87. The van der Waals surface area contributed by atoms with E-state index in [1.165, 1.54) is 11.8 Å². The van der Waals surface area contributed by atoms with E-state index >= 15 is 0 Å². The van der Waals surface area contributed by atoms with Crippen molar-refractivity contribution in [3.8, 4) is 0 Å². The molecule has 3 N–H and O–H groups in total. The molecule has 2 aliphatic rings. The molecule has 1 saturated heterocycles. The van der Waals surface area contributed by atoms with Gasteiger partial charge in [0.2, 0.25) is 0 Å². The molecule has 1 amide bonds. The molecule has 8 nitrogen and oxygen atoms in total. The lowest BCUT2D eigenvalue weighted by molar-refractivity contribution is -0.124. The fraction of sp³-hybridized carbons (Fsp3) is 0.360. The van der Waals surface area contributed by atoms with E-state index in [-0.39, 0.29) is 24.8 Å². The molecule has 190 valence electrons. The highest BCUT2D eigenvalue weighted by molar-refractivity contribution is 6.00. The minimum absolute atomic E-state index is 0.133. The monoisotopic (exact) mass is 501 g/mol. The summed E-state index contributed by atoms with van der Waals surface area (Å²) in [6.07, 6.45) is 0.366. The molecule has 2 aliphatic heterocycles. The lowest BCUT2D eigenvalue weighted by atomic mass is 9.96. The van der Waals surface area contributed by atoms with Crippen molar-refractivity contribution < 1.29 is 28.2 Å². The van der Waals surface area contributed by atoms with Crippen LogP contribution < -0.4 is 10.2 Å². The Morgan fingerprint density at radius 2 is 1.78 bits per heavy atom. The Morgan fingerprint density at radius 1 is 1.11 bits per heavy atom. The first-order chi connectivity index (χ1) is 17.1. The van der Waals surface area contributed by atoms with Crippen LogP contribution in [0.4, 0.5) is 24.5 Å². The Balaban J connectivity index is 1.41. The third kappa shape index (κ3) is 4.12. The van der Waals surface area contributed by atoms with Gasteiger partial charge in [-0.25, -0.2) is 18.1 Å². The van der Waals surface area contributed by atoms with E-state index in [2.05, 4.69) is 10.4 Å². The van der Waals surface area contributed by atoms with Gasteiger partial charge in [-0.3, -0.25) is 9.48 Å². The second kappa shape index (κ2) is 8.91. The van der Waals surface area contributed by atoms with Crippen molar-refractivity contribution in [1.82, 2.24) is 14.7 Å². The van der Waals surface area contributed by atoms with E-state index in [4.69, 9.17) is 0 Å². The quantitative estimate of drug-likeness (QED) is 0.368. The first-order valence-corrected chi connectivity index (χ1v) is 11.6. The fourth-order valence-corrected chi connectivity index (χ4v) is 5.09. The molecule has 0 saturated carbocycles. The maximum atomic E-state index is 13.7. The second-order valence-electron chi connectivity index (χ2n) is 9.45. The van der Waals surface area contributed by atoms with Gasteiger partial charge in [-0.2, -0.15) is 5.10 Å². The van der Waals surface area contributed by atoms with Gasteiger partial charge in [-0.1, -0.05) is 30.3 Å². The zero-order valence-corrected chi connectivity index (χ0v) is 19.7. The highest BCUT2D eigenvalue weighted by Crippen LogP contribution is 2.37. The van der Waals surface area contributed by atoms with Crippen molar-refractivity contribution in [2.24, 2.45) is 0 Å². The standard InChI is InChI=1S/C25H26F3N5O3/c1-14-11-33-21(13-32(14)25(2,36)30-16-8-18(26)22(28)19(27)9-16)20(10-29-33)31-12-17(23(34)24(31)35)15-6-4-3-5-7-15/h3-10,14,17,23,30,34,36H,11-13H2,1-2H3/t14-,17?,23?,25?/m0/s1. The number of benzene rings is 2. The Bertz CT molecular complexity index is 1280. The van der Waals surface area contributed by atoms with E-state index < -0.39 is 41.2 Å². The van der Waals surface area contributed by atoms with Crippen molar-refractivity contribution in [2.45, 2.75) is 50.8 Å². The number of aliphatic hydroxyl groups excluding tert-OH is 1. The predicted molar refractivity (Wildman–Crippen MR) is 125 cm³/mol. The van der Waals surface area contributed by atoms with Gasteiger partial charge in [0.1, 0.15) is 6.10 Å². The molecule has 1 aromatic heterocycles. The number of hydrogen-bond acceptors (Lipinski definition) is 6. The van der Waals surface area contributed by atoms with E-state index in [1.54, 1.807) is 15.8 Å². The van der Waals surface area contributed by atoms with Gasteiger partial charge in [0.05, 0.1) is 24.1 Å². The van der Waals surface area contributed by atoms with Crippen LogP contribution in [0.5, 0.6) is 0 Å². The molecule has 0 radical (unpaired) electrons. The molecule has 4 atom stereocenters. The summed E-state index contributed by atoms with van der Waals surface area (Å²) in [4.78, 5) is 16.2. The molecule has 3 unspecified atom stereocenters. The molecule has 3 heterocycles. The fourth-order valence-electron chi connectivity index (χ4n) is 5.09. The molecular formula is C25H26F3N5O3. The normalized spacial score (nSPS) is 24.0. The average Bonchev–Trinajstić information content (AvgIpc) is 3.37. The average molecular weight is 502 g/mol. The number of carbonyl (C=O) groups excluding carboxylic acids is 1. The van der Waals surface area contributed by atoms with Crippen LogP contribution >= 0.6 is 0 Å². The molecule has 36 heavy (non-hydrogen) atoms. The van der Waals surface area contributed by atoms with Gasteiger partial charge in [-0.15, -0.1) is 0 Å². The lowest BCUT2D eigenvalue weighted by Crippen LogP contribution is -2.58. The molecule has 2 aromatic carbocycles. The number of fused-ring (bicyclic) bond motifs is 1. The van der Waals surface area contributed by atoms with Gasteiger partial charge < -0.3 is 20.4 Å². The molecule has 3 aromatic rings. The Hall–Kier alpha value is -3.41. The summed E-state index contributed by atoms with van der Waals surface area (Å²) in [5, 5.41) is 29.0. The predicted octanol–water partition coefficient (Wildman–Crippen LogP) is 2.77. The summed E-state index contributed by atoms with van der Waals surface area (Å²) in [6, 6.07) is 10.6. The molecule has 0 spiro atoms. The summed E-state index contributed by atoms with van der Waals surface area (Å²) < 4.78 is 42.5. The van der Waals surface area contributed by atoms with E-state index in [9.17, 15) is 28.2 Å². The third-order valence-corrected chi connectivity index (χ3v) is 6.94. The van der Waals surface area contributed by atoms with Crippen LogP contribution in [-0.2, 0) is 17.9 Å². The topological polar surface area (TPSA) is 93.9 Å². The van der Waals surface area contributed by atoms with E-state index in [1.807, 2.05) is 37.3 Å². The van der Waals surface area contributed by atoms with Crippen LogP contribution in [0.3, 0.4) is 0 Å². The molecule has 1 fully saturated rings. The van der Waals surface area contributed by atoms with Crippen LogP contribution in [-0.4, -0.2) is 55.3 Å². The maximum Gasteiger partial charge on any atom is 0.256 e. The number of nitrogens with one attached hydrogen (secondary N) is 1. The second-order valence-corrected chi connectivity index (χ2v) is 9.45. The number of anilines is 2. The molecule has 0 aliphatic carbocycles. The van der Waals surface area contributed by atoms with E-state index in [0.717, 1.165) is 17.7 Å². The van der Waals surface area contributed by atoms with Crippen molar-refractivity contribution in [2.75, 3.05) is 16.8 Å². The number of hydrogen-bond donors (Lipinski definition) is 3. The zero-order valence-electron chi connectivity index (χ0n) is 19.7. The molecular weight excluding hydrogens is 475 g/mol. The number of amides is 1. The number of aliphatic hydroxyl groups is 2. The Morgan fingerprint density at radius 3 is 2.44 bits per heavy atom. The highest BCUT2D eigenvalue weighted by atomic mass is 19.2. The minimum atomic E-state index is -1.79. The summed E-state index contributed by atoms with van der Waals surface area (Å²) >= 11 is 0. The zero-order chi connectivity index (χ0) is 25.8. The summed E-state index contributed by atoms with van der Waals surface area (Å²) in [6.45, 7) is 4.04. The van der Waals surface area contributed by atoms with Crippen LogP contribution in [0.25, 0.3) is 0 Å². The molecule has 5 rings (SSSR count). The molecule has 0 bridgehead atoms. The maximum absolute atomic E-state index is 13.7. The van der Waals surface area contributed by atoms with Crippen molar-refractivity contribution in [3.05, 3.63) is 77.4 Å². The first kappa shape index (κ1) is 24.3. The first-order valence-electron chi connectivity index (χ1n) is 11.6. The minimum Gasteiger partial charge on any atom is -0.383 e. The van der Waals surface area contributed by atoms with Gasteiger partial charge in [-0.05, 0) is 19.4 Å². The lowest BCUT2D eigenvalue weighted by Gasteiger charge is -2.44. The van der Waals surface area contributed by atoms with Crippen LogP contribution in [0.15, 0.2) is 48.7 Å². The number of carbonyl (C=O) groups is 1. The van der Waals surface area contributed by atoms with Crippen LogP contribution in [0.2, 0.25) is 0 Å². The SMILES string of the molecule is C[C@H]1Cn2ncc(N3CC(c4ccccc4)C(O)C3=O)c2CN1C(C)(O)Nc1cc(F)c(F)c(F)c1. The smallest absolute Gasteiger partial charge is 0.256 e. The van der Waals surface area contributed by atoms with Crippen molar-refractivity contribution >= 4 is 17.3 Å². The summed E-state index contributed by atoms with van der Waals surface area (Å²) in [5.74, 6) is -6.97. The number of aromatic nitrogens is 2. The summed E-state index contributed by atoms with van der Waals surface area (Å²) in [7, 11) is 0. The number of rotatable bonds is 5. The van der Waals surface area contributed by atoms with Gasteiger partial charge in [0.15, 0.2) is 23.3 Å². The van der Waals surface area contributed by atoms with Gasteiger partial charge in [0, 0.05) is 42.9 Å². The van der Waals surface area contributed by atoms with Crippen LogP contribution in [0.1, 0.15) is 31.0 Å². The number of nitrogens with zero attached hydrogens (tertiary/aromatic N) is 4. The largest absolute Gasteiger partial charge is 0.383 e. The van der Waals surface area contributed by atoms with E-state index in [0.29, 0.717) is 17.9 Å². The third-order valence-electron chi connectivity index (χ3n) is 6.94. The van der Waals surface area contributed by atoms with Crippen molar-refractivity contribution in [1.29, 1.82) is 0 Å². The van der Waals surface area contributed by atoms with Gasteiger partial charge in [0.25, 0.3) is 5.91 Å². The van der Waals surface area contributed by atoms with Crippen molar-refractivity contribution in [3.63, 3.8) is 0 Å². The van der Waals surface area contributed by atoms with Gasteiger partial charge >= 0.3 is 0 Å². The highest BCUT2D eigenvalue weighted by Gasteiger charge is 2.44. The van der Waals surface area contributed by atoms with Crippen LogP contribution in [0, 0.1) is 17.5 Å². The molecule has 11 heteroatoms. The Labute approximate surface area is 205 Å². The Kier molecular flexibility index (Phi) is 6.01.